The highest BCUT2D eigenvalue weighted by molar-refractivity contribution is 5.83. The highest BCUT2D eigenvalue weighted by Gasteiger charge is 2.25. The van der Waals surface area contributed by atoms with Crippen molar-refractivity contribution in [1.82, 2.24) is 15.2 Å². The minimum Gasteiger partial charge on any atom is -0.369 e. The second kappa shape index (κ2) is 8.48. The van der Waals surface area contributed by atoms with E-state index in [1.165, 1.54) is 16.6 Å². The standard InChI is InChI=1S/C23H28N4O/c1-18(26-13-15-27(16-14-26)20-7-3-2-4-8-20)23(28)24-12-11-19-17-25-22-10-6-5-9-21(19)22/h2-10,17-18,25H,11-16H2,1H3,(H,24,28). The third-order valence-electron chi connectivity index (χ3n) is 5.73. The Hall–Kier alpha value is -2.79. The fraction of sp³-hybridized carbons (Fsp3) is 0.348. The van der Waals surface area contributed by atoms with Gasteiger partial charge in [0.2, 0.25) is 5.91 Å². The lowest BCUT2D eigenvalue weighted by Crippen LogP contribution is -2.54. The van der Waals surface area contributed by atoms with E-state index in [9.17, 15) is 4.79 Å². The second-order valence-electron chi connectivity index (χ2n) is 7.44. The zero-order chi connectivity index (χ0) is 19.3. The van der Waals surface area contributed by atoms with Gasteiger partial charge in [0.25, 0.3) is 0 Å². The molecule has 1 aliphatic heterocycles. The number of para-hydroxylation sites is 2. The average molecular weight is 377 g/mol. The van der Waals surface area contributed by atoms with Crippen LogP contribution in [-0.2, 0) is 11.2 Å². The van der Waals surface area contributed by atoms with Crippen molar-refractivity contribution in [3.63, 3.8) is 0 Å². The summed E-state index contributed by atoms with van der Waals surface area (Å²) in [4.78, 5) is 20.6. The molecule has 1 fully saturated rings. The summed E-state index contributed by atoms with van der Waals surface area (Å²) in [6.07, 6.45) is 2.88. The molecule has 1 aliphatic rings. The van der Waals surface area contributed by atoms with Crippen LogP contribution in [0.1, 0.15) is 12.5 Å². The minimum atomic E-state index is -0.0964. The number of rotatable bonds is 6. The molecule has 1 saturated heterocycles. The van der Waals surface area contributed by atoms with Gasteiger partial charge < -0.3 is 15.2 Å². The summed E-state index contributed by atoms with van der Waals surface area (Å²) in [7, 11) is 0. The van der Waals surface area contributed by atoms with E-state index >= 15 is 0 Å². The third-order valence-corrected chi connectivity index (χ3v) is 5.73. The van der Waals surface area contributed by atoms with Crippen LogP contribution in [0.4, 0.5) is 5.69 Å². The van der Waals surface area contributed by atoms with Crippen molar-refractivity contribution in [1.29, 1.82) is 0 Å². The van der Waals surface area contributed by atoms with Gasteiger partial charge >= 0.3 is 0 Å². The molecule has 2 heterocycles. The molecule has 4 rings (SSSR count). The zero-order valence-corrected chi connectivity index (χ0v) is 16.4. The van der Waals surface area contributed by atoms with E-state index in [4.69, 9.17) is 0 Å². The number of fused-ring (bicyclic) bond motifs is 1. The molecule has 0 aliphatic carbocycles. The molecule has 2 N–H and O–H groups in total. The quantitative estimate of drug-likeness (QED) is 0.695. The van der Waals surface area contributed by atoms with Crippen LogP contribution in [-0.4, -0.2) is 54.6 Å². The molecule has 1 unspecified atom stereocenters. The van der Waals surface area contributed by atoms with Gasteiger partial charge in [-0.05, 0) is 37.1 Å². The van der Waals surface area contributed by atoms with Crippen LogP contribution < -0.4 is 10.2 Å². The van der Waals surface area contributed by atoms with Crippen molar-refractivity contribution in [2.75, 3.05) is 37.6 Å². The number of hydrogen-bond acceptors (Lipinski definition) is 3. The normalized spacial score (nSPS) is 16.2. The summed E-state index contributed by atoms with van der Waals surface area (Å²) in [5.41, 5.74) is 3.66. The number of carbonyl (C=O) groups excluding carboxylic acids is 1. The Morgan fingerprint density at radius 2 is 1.75 bits per heavy atom. The van der Waals surface area contributed by atoms with Crippen LogP contribution in [0.15, 0.2) is 60.8 Å². The van der Waals surface area contributed by atoms with E-state index in [1.54, 1.807) is 0 Å². The molecule has 1 atom stereocenters. The third kappa shape index (κ3) is 4.04. The van der Waals surface area contributed by atoms with Crippen LogP contribution >= 0.6 is 0 Å². The van der Waals surface area contributed by atoms with Crippen molar-refractivity contribution in [2.24, 2.45) is 0 Å². The molecule has 0 spiro atoms. The van der Waals surface area contributed by atoms with E-state index in [0.29, 0.717) is 6.54 Å². The number of aromatic amines is 1. The van der Waals surface area contributed by atoms with Gasteiger partial charge in [-0.2, -0.15) is 0 Å². The number of H-pyrrole nitrogens is 1. The number of anilines is 1. The Kier molecular flexibility index (Phi) is 5.63. The lowest BCUT2D eigenvalue weighted by atomic mass is 10.1. The molecule has 0 saturated carbocycles. The molecule has 2 aromatic carbocycles. The average Bonchev–Trinajstić information content (AvgIpc) is 3.17. The number of nitrogens with one attached hydrogen (secondary N) is 2. The summed E-state index contributed by atoms with van der Waals surface area (Å²) in [6, 6.07) is 18.7. The summed E-state index contributed by atoms with van der Waals surface area (Å²) >= 11 is 0. The highest BCUT2D eigenvalue weighted by Crippen LogP contribution is 2.18. The van der Waals surface area contributed by atoms with Crippen LogP contribution in [0.5, 0.6) is 0 Å². The van der Waals surface area contributed by atoms with Crippen molar-refractivity contribution < 1.29 is 4.79 Å². The van der Waals surface area contributed by atoms with Gasteiger partial charge in [0.1, 0.15) is 0 Å². The number of benzene rings is 2. The molecule has 5 nitrogen and oxygen atoms in total. The topological polar surface area (TPSA) is 51.4 Å². The van der Waals surface area contributed by atoms with Crippen molar-refractivity contribution in [3.05, 3.63) is 66.4 Å². The van der Waals surface area contributed by atoms with Crippen molar-refractivity contribution >= 4 is 22.5 Å². The SMILES string of the molecule is CC(C(=O)NCCc1c[nH]c2ccccc12)N1CCN(c2ccccc2)CC1. The Morgan fingerprint density at radius 3 is 2.54 bits per heavy atom. The molecular formula is C23H28N4O. The molecule has 1 aromatic heterocycles. The number of nitrogens with zero attached hydrogens (tertiary/aromatic N) is 2. The van der Waals surface area contributed by atoms with Gasteiger partial charge in [-0.1, -0.05) is 36.4 Å². The maximum atomic E-state index is 12.6. The molecule has 3 aromatic rings. The first-order chi connectivity index (χ1) is 13.7. The zero-order valence-electron chi connectivity index (χ0n) is 16.4. The highest BCUT2D eigenvalue weighted by atomic mass is 16.2. The van der Waals surface area contributed by atoms with Gasteiger partial charge in [0.15, 0.2) is 0 Å². The maximum Gasteiger partial charge on any atom is 0.237 e. The van der Waals surface area contributed by atoms with E-state index < -0.39 is 0 Å². The van der Waals surface area contributed by atoms with Gasteiger partial charge in [-0.25, -0.2) is 0 Å². The van der Waals surface area contributed by atoms with Gasteiger partial charge in [-0.15, -0.1) is 0 Å². The van der Waals surface area contributed by atoms with Crippen LogP contribution in [0.2, 0.25) is 0 Å². The van der Waals surface area contributed by atoms with Crippen molar-refractivity contribution in [3.8, 4) is 0 Å². The Bertz CT molecular complexity index is 913. The molecular weight excluding hydrogens is 348 g/mol. The number of aromatic nitrogens is 1. The molecule has 0 radical (unpaired) electrons. The summed E-state index contributed by atoms with van der Waals surface area (Å²) in [5.74, 6) is 0.119. The largest absolute Gasteiger partial charge is 0.369 e. The minimum absolute atomic E-state index is 0.0964. The first kappa shape index (κ1) is 18.6. The monoisotopic (exact) mass is 376 g/mol. The predicted molar refractivity (Wildman–Crippen MR) is 115 cm³/mol. The van der Waals surface area contributed by atoms with Gasteiger partial charge in [0.05, 0.1) is 6.04 Å². The lowest BCUT2D eigenvalue weighted by Gasteiger charge is -2.38. The van der Waals surface area contributed by atoms with Crippen LogP contribution in [0.3, 0.4) is 0 Å². The van der Waals surface area contributed by atoms with Gasteiger partial charge in [-0.3, -0.25) is 9.69 Å². The summed E-state index contributed by atoms with van der Waals surface area (Å²) in [6.45, 7) is 6.40. The van der Waals surface area contributed by atoms with E-state index in [0.717, 1.165) is 38.1 Å². The van der Waals surface area contributed by atoms with Crippen molar-refractivity contribution in [2.45, 2.75) is 19.4 Å². The number of hydrogen-bond donors (Lipinski definition) is 2. The molecule has 5 heteroatoms. The molecule has 0 bridgehead atoms. The Morgan fingerprint density at radius 1 is 1.04 bits per heavy atom. The smallest absolute Gasteiger partial charge is 0.237 e. The van der Waals surface area contributed by atoms with E-state index in [-0.39, 0.29) is 11.9 Å². The number of carbonyl (C=O) groups is 1. The van der Waals surface area contributed by atoms with Crippen LogP contribution in [0, 0.1) is 0 Å². The van der Waals surface area contributed by atoms with E-state index in [2.05, 4.69) is 62.6 Å². The summed E-state index contributed by atoms with van der Waals surface area (Å²) in [5, 5.41) is 4.36. The fourth-order valence-electron chi connectivity index (χ4n) is 3.98. The first-order valence-electron chi connectivity index (χ1n) is 10.1. The second-order valence-corrected chi connectivity index (χ2v) is 7.44. The van der Waals surface area contributed by atoms with Crippen LogP contribution in [0.25, 0.3) is 10.9 Å². The molecule has 1 amide bonds. The Labute approximate surface area is 166 Å². The van der Waals surface area contributed by atoms with E-state index in [1.807, 2.05) is 25.3 Å². The number of amides is 1. The predicted octanol–water partition coefficient (Wildman–Crippen LogP) is 3.04. The fourth-order valence-corrected chi connectivity index (χ4v) is 3.98. The molecule has 28 heavy (non-hydrogen) atoms. The Balaban J connectivity index is 1.25. The number of piperazine rings is 1. The molecule has 146 valence electrons. The maximum absolute atomic E-state index is 12.6. The summed E-state index contributed by atoms with van der Waals surface area (Å²) < 4.78 is 0. The first-order valence-corrected chi connectivity index (χ1v) is 10.1. The van der Waals surface area contributed by atoms with Gasteiger partial charge in [0, 0.05) is 55.5 Å². The lowest BCUT2D eigenvalue weighted by molar-refractivity contribution is -0.125.